The number of benzene rings is 1. The molecule has 0 amide bonds. The van der Waals surface area contributed by atoms with Crippen LogP contribution in [0.1, 0.15) is 22.5 Å². The van der Waals surface area contributed by atoms with E-state index in [0.29, 0.717) is 13.2 Å². The highest BCUT2D eigenvalue weighted by molar-refractivity contribution is 5.28. The molecule has 0 aliphatic carbocycles. The molecular weight excluding hydrogens is 257 g/mol. The fraction of sp³-hybridized carbons (Fsp3) is 0.400. The summed E-state index contributed by atoms with van der Waals surface area (Å²) in [4.78, 5) is 0. The Kier molecular flexibility index (Phi) is 3.80. The van der Waals surface area contributed by atoms with Crippen molar-refractivity contribution in [2.75, 3.05) is 6.54 Å². The molecule has 0 fully saturated rings. The van der Waals surface area contributed by atoms with E-state index in [4.69, 9.17) is 4.74 Å². The number of aryl methyl sites for hydroxylation is 1. The zero-order valence-electron chi connectivity index (χ0n) is 11.5. The Morgan fingerprint density at radius 1 is 1.40 bits per heavy atom. The lowest BCUT2D eigenvalue weighted by Crippen LogP contribution is -2.24. The first kappa shape index (κ1) is 13.3. The van der Waals surface area contributed by atoms with Gasteiger partial charge in [-0.15, -0.1) is 0 Å². The van der Waals surface area contributed by atoms with Gasteiger partial charge in [-0.2, -0.15) is 5.10 Å². The maximum absolute atomic E-state index is 13.1. The van der Waals surface area contributed by atoms with E-state index in [1.54, 1.807) is 6.07 Å². The predicted molar refractivity (Wildman–Crippen MR) is 73.5 cm³/mol. The average molecular weight is 275 g/mol. The summed E-state index contributed by atoms with van der Waals surface area (Å²) in [5.74, 6) is -0.231. The lowest BCUT2D eigenvalue weighted by Gasteiger charge is -2.14. The quantitative estimate of drug-likeness (QED) is 0.926. The maximum atomic E-state index is 13.1. The van der Waals surface area contributed by atoms with Gasteiger partial charge in [0.15, 0.2) is 0 Å². The van der Waals surface area contributed by atoms with Gasteiger partial charge >= 0.3 is 0 Å². The maximum Gasteiger partial charge on any atom is 0.123 e. The summed E-state index contributed by atoms with van der Waals surface area (Å²) in [6.07, 6.45) is 1.00. The van der Waals surface area contributed by atoms with Crippen molar-refractivity contribution in [2.24, 2.45) is 7.05 Å². The molecule has 4 nitrogen and oxygen atoms in total. The third kappa shape index (κ3) is 2.73. The highest BCUT2D eigenvalue weighted by atomic mass is 19.1. The third-order valence-corrected chi connectivity index (χ3v) is 3.59. The van der Waals surface area contributed by atoms with Crippen LogP contribution in [0.4, 0.5) is 4.39 Å². The van der Waals surface area contributed by atoms with Gasteiger partial charge in [0.1, 0.15) is 5.82 Å². The lowest BCUT2D eigenvalue weighted by atomic mass is 10.1. The third-order valence-electron chi connectivity index (χ3n) is 3.59. The molecule has 0 saturated heterocycles. The number of hydrogen-bond donors (Lipinski definition) is 1. The van der Waals surface area contributed by atoms with Crippen molar-refractivity contribution in [1.82, 2.24) is 15.1 Å². The van der Waals surface area contributed by atoms with E-state index < -0.39 is 0 Å². The van der Waals surface area contributed by atoms with E-state index >= 15 is 0 Å². The molecule has 1 aromatic heterocycles. The van der Waals surface area contributed by atoms with Crippen molar-refractivity contribution >= 4 is 0 Å². The second-order valence-corrected chi connectivity index (χ2v) is 5.05. The minimum atomic E-state index is -0.231. The molecule has 2 heterocycles. The minimum absolute atomic E-state index is 0.231. The monoisotopic (exact) mass is 275 g/mol. The topological polar surface area (TPSA) is 39.1 Å². The SMILES string of the molecule is Cn1nc(COCc2cccc(F)c2)c2c1CCNC2. The first-order valence-corrected chi connectivity index (χ1v) is 6.80. The van der Waals surface area contributed by atoms with Gasteiger partial charge in [-0.05, 0) is 17.7 Å². The molecule has 5 heteroatoms. The van der Waals surface area contributed by atoms with Gasteiger partial charge in [0.05, 0.1) is 18.9 Å². The van der Waals surface area contributed by atoms with Crippen molar-refractivity contribution in [1.29, 1.82) is 0 Å². The number of rotatable bonds is 4. The Hall–Kier alpha value is -1.72. The molecule has 1 aromatic carbocycles. The van der Waals surface area contributed by atoms with E-state index in [9.17, 15) is 4.39 Å². The summed E-state index contributed by atoms with van der Waals surface area (Å²) in [5, 5.41) is 7.87. The predicted octanol–water partition coefficient (Wildman–Crippen LogP) is 1.92. The van der Waals surface area contributed by atoms with Crippen LogP contribution in [0.15, 0.2) is 24.3 Å². The molecule has 0 saturated carbocycles. The summed E-state index contributed by atoms with van der Waals surface area (Å²) in [6, 6.07) is 6.48. The Morgan fingerprint density at radius 3 is 3.15 bits per heavy atom. The van der Waals surface area contributed by atoms with Gasteiger partial charge in [0.2, 0.25) is 0 Å². The zero-order valence-corrected chi connectivity index (χ0v) is 11.5. The van der Waals surface area contributed by atoms with Crippen LogP contribution < -0.4 is 5.32 Å². The number of halogens is 1. The average Bonchev–Trinajstić information content (AvgIpc) is 2.77. The van der Waals surface area contributed by atoms with E-state index in [2.05, 4.69) is 10.4 Å². The van der Waals surface area contributed by atoms with E-state index in [1.165, 1.54) is 23.4 Å². The normalized spacial score (nSPS) is 14.3. The van der Waals surface area contributed by atoms with Crippen LogP contribution in [-0.2, 0) is 38.0 Å². The van der Waals surface area contributed by atoms with Crippen LogP contribution >= 0.6 is 0 Å². The van der Waals surface area contributed by atoms with Crippen LogP contribution in [0.5, 0.6) is 0 Å². The lowest BCUT2D eigenvalue weighted by molar-refractivity contribution is 0.103. The molecule has 1 N–H and O–H groups in total. The molecule has 3 rings (SSSR count). The largest absolute Gasteiger partial charge is 0.370 e. The Bertz CT molecular complexity index is 609. The molecule has 1 aliphatic rings. The van der Waals surface area contributed by atoms with Crippen molar-refractivity contribution in [2.45, 2.75) is 26.2 Å². The number of fused-ring (bicyclic) bond motifs is 1. The molecule has 0 unspecified atom stereocenters. The Labute approximate surface area is 117 Å². The van der Waals surface area contributed by atoms with Crippen LogP contribution in [0.25, 0.3) is 0 Å². The van der Waals surface area contributed by atoms with Gasteiger partial charge in [-0.25, -0.2) is 4.39 Å². The van der Waals surface area contributed by atoms with E-state index in [0.717, 1.165) is 30.8 Å². The fourth-order valence-corrected chi connectivity index (χ4v) is 2.61. The van der Waals surface area contributed by atoms with Crippen molar-refractivity contribution < 1.29 is 9.13 Å². The van der Waals surface area contributed by atoms with Crippen molar-refractivity contribution in [3.8, 4) is 0 Å². The summed E-state index contributed by atoms with van der Waals surface area (Å²) >= 11 is 0. The molecule has 2 aromatic rings. The highest BCUT2D eigenvalue weighted by Crippen LogP contribution is 2.18. The first-order chi connectivity index (χ1) is 9.74. The smallest absolute Gasteiger partial charge is 0.123 e. The van der Waals surface area contributed by atoms with Crippen LogP contribution in [0.3, 0.4) is 0 Å². The van der Waals surface area contributed by atoms with Gasteiger partial charge in [-0.3, -0.25) is 4.68 Å². The minimum Gasteiger partial charge on any atom is -0.370 e. The molecule has 0 atom stereocenters. The number of aromatic nitrogens is 2. The van der Waals surface area contributed by atoms with Crippen LogP contribution in [0, 0.1) is 5.82 Å². The first-order valence-electron chi connectivity index (χ1n) is 6.80. The van der Waals surface area contributed by atoms with Gasteiger partial charge in [0.25, 0.3) is 0 Å². The Balaban J connectivity index is 1.64. The number of ether oxygens (including phenoxy) is 1. The molecule has 0 radical (unpaired) electrons. The highest BCUT2D eigenvalue weighted by Gasteiger charge is 2.18. The standard InChI is InChI=1S/C15H18FN3O/c1-19-15-5-6-17-8-13(15)14(18-19)10-20-9-11-3-2-4-12(16)7-11/h2-4,7,17H,5-6,8-10H2,1H3. The Morgan fingerprint density at radius 2 is 2.30 bits per heavy atom. The van der Waals surface area contributed by atoms with E-state index in [1.807, 2.05) is 17.8 Å². The molecular formula is C15H18FN3O. The van der Waals surface area contributed by atoms with Crippen LogP contribution in [0.2, 0.25) is 0 Å². The molecule has 20 heavy (non-hydrogen) atoms. The number of nitrogens with one attached hydrogen (secondary N) is 1. The van der Waals surface area contributed by atoms with E-state index in [-0.39, 0.29) is 5.82 Å². The number of hydrogen-bond acceptors (Lipinski definition) is 3. The summed E-state index contributed by atoms with van der Waals surface area (Å²) < 4.78 is 20.7. The zero-order chi connectivity index (χ0) is 13.9. The summed E-state index contributed by atoms with van der Waals surface area (Å²) in [5.41, 5.74) is 4.35. The summed E-state index contributed by atoms with van der Waals surface area (Å²) in [7, 11) is 1.97. The summed E-state index contributed by atoms with van der Waals surface area (Å²) in [6.45, 7) is 2.70. The fourth-order valence-electron chi connectivity index (χ4n) is 2.61. The van der Waals surface area contributed by atoms with Gasteiger partial charge < -0.3 is 10.1 Å². The molecule has 106 valence electrons. The van der Waals surface area contributed by atoms with Crippen LogP contribution in [-0.4, -0.2) is 16.3 Å². The van der Waals surface area contributed by atoms with Gasteiger partial charge in [0, 0.05) is 37.8 Å². The molecule has 1 aliphatic heterocycles. The second kappa shape index (κ2) is 5.73. The molecule has 0 spiro atoms. The molecule has 0 bridgehead atoms. The number of nitrogens with zero attached hydrogens (tertiary/aromatic N) is 2. The second-order valence-electron chi connectivity index (χ2n) is 5.05. The van der Waals surface area contributed by atoms with Crippen molar-refractivity contribution in [3.05, 3.63) is 52.6 Å². The van der Waals surface area contributed by atoms with Crippen molar-refractivity contribution in [3.63, 3.8) is 0 Å². The van der Waals surface area contributed by atoms with Gasteiger partial charge in [-0.1, -0.05) is 12.1 Å².